The summed E-state index contributed by atoms with van der Waals surface area (Å²) in [6.45, 7) is 1.86. The Balaban J connectivity index is 1.94. The van der Waals surface area contributed by atoms with Crippen LogP contribution in [-0.4, -0.2) is 17.8 Å². The van der Waals surface area contributed by atoms with Gasteiger partial charge in [0, 0.05) is 28.2 Å². The molecule has 1 saturated carbocycles. The summed E-state index contributed by atoms with van der Waals surface area (Å²) in [5.74, 6) is -3.68. The lowest BCUT2D eigenvalue weighted by molar-refractivity contribution is -0.313. The van der Waals surface area contributed by atoms with Crippen LogP contribution in [0, 0.1) is 18.8 Å². The molecule has 7 heteroatoms. The molecule has 6 nitrogen and oxygen atoms in total. The molecule has 142 valence electrons. The van der Waals surface area contributed by atoms with E-state index in [1.165, 1.54) is 11.3 Å². The van der Waals surface area contributed by atoms with Crippen molar-refractivity contribution in [2.45, 2.75) is 32.6 Å². The topological polar surface area (TPSA) is 112 Å². The fraction of sp³-hybridized carbons (Fsp3) is 0.350. The zero-order valence-corrected chi connectivity index (χ0v) is 15.8. The molecular weight excluding hydrogens is 364 g/mol. The molecule has 1 aliphatic carbocycles. The van der Waals surface area contributed by atoms with Crippen molar-refractivity contribution in [3.8, 4) is 11.1 Å². The van der Waals surface area contributed by atoms with Crippen molar-refractivity contribution in [1.29, 1.82) is 0 Å². The molecule has 27 heavy (non-hydrogen) atoms. The van der Waals surface area contributed by atoms with E-state index in [1.807, 2.05) is 37.3 Å². The molecule has 1 heterocycles. The number of hydrogen-bond acceptors (Lipinski definition) is 5. The smallest absolute Gasteiger partial charge is 0.252 e. The van der Waals surface area contributed by atoms with Crippen LogP contribution < -0.4 is 16.2 Å². The molecule has 2 aromatic rings. The summed E-state index contributed by atoms with van der Waals surface area (Å²) in [4.78, 5) is 37.1. The van der Waals surface area contributed by atoms with Gasteiger partial charge in [-0.3, -0.25) is 9.59 Å². The fourth-order valence-electron chi connectivity index (χ4n) is 3.75. The van der Waals surface area contributed by atoms with Crippen molar-refractivity contribution in [1.82, 2.24) is 0 Å². The summed E-state index contributed by atoms with van der Waals surface area (Å²) in [5.41, 5.74) is 7.41. The van der Waals surface area contributed by atoms with E-state index in [4.69, 9.17) is 5.73 Å². The molecule has 0 saturated heterocycles. The molecule has 1 fully saturated rings. The number of carboxylic acids is 1. The maximum absolute atomic E-state index is 12.8. The number of primary amides is 1. The summed E-state index contributed by atoms with van der Waals surface area (Å²) in [6.07, 6.45) is 2.49. The van der Waals surface area contributed by atoms with Gasteiger partial charge in [-0.2, -0.15) is 0 Å². The molecule has 1 aromatic carbocycles. The van der Waals surface area contributed by atoms with Crippen LogP contribution in [0.4, 0.5) is 5.00 Å². The number of rotatable bonds is 5. The first-order chi connectivity index (χ1) is 12.9. The number of nitrogens with one attached hydrogen (secondary N) is 1. The molecule has 0 spiro atoms. The van der Waals surface area contributed by atoms with Crippen LogP contribution in [0.25, 0.3) is 11.1 Å². The second-order valence-electron chi connectivity index (χ2n) is 6.77. The quantitative estimate of drug-likeness (QED) is 0.822. The SMILES string of the molecule is Cc1sc(NC(=O)C2CCCCC2C(=O)[O-])c(C(N)=O)c1-c1ccccc1. The zero-order valence-electron chi connectivity index (χ0n) is 15.0. The minimum atomic E-state index is -1.20. The fourth-order valence-corrected chi connectivity index (χ4v) is 4.84. The van der Waals surface area contributed by atoms with E-state index < -0.39 is 29.6 Å². The molecule has 3 N–H and O–H groups in total. The number of carboxylic acid groups (broad SMARTS) is 1. The number of amides is 2. The standard InChI is InChI=1S/C20H22N2O4S/c1-11-15(12-7-3-2-4-8-12)16(17(21)23)19(27-11)22-18(24)13-9-5-6-10-14(13)20(25)26/h2-4,7-8,13-14H,5-6,9-10H2,1H3,(H2,21,23)(H,22,24)(H,25,26)/p-1. The highest BCUT2D eigenvalue weighted by atomic mass is 32.1. The van der Waals surface area contributed by atoms with Crippen LogP contribution in [0.1, 0.15) is 40.9 Å². The molecule has 0 radical (unpaired) electrons. The van der Waals surface area contributed by atoms with Gasteiger partial charge in [-0.15, -0.1) is 11.3 Å². The summed E-state index contributed by atoms with van der Waals surface area (Å²) < 4.78 is 0. The molecule has 3 rings (SSSR count). The normalized spacial score (nSPS) is 19.4. The third-order valence-corrected chi connectivity index (χ3v) is 6.06. The van der Waals surface area contributed by atoms with Crippen molar-refractivity contribution >= 4 is 34.1 Å². The number of anilines is 1. The van der Waals surface area contributed by atoms with E-state index in [9.17, 15) is 19.5 Å². The van der Waals surface area contributed by atoms with Crippen LogP contribution in [0.15, 0.2) is 30.3 Å². The Labute approximate surface area is 161 Å². The third-order valence-electron chi connectivity index (χ3n) is 5.04. The Kier molecular flexibility index (Phi) is 5.60. The number of hydrogen-bond donors (Lipinski definition) is 2. The summed E-state index contributed by atoms with van der Waals surface area (Å²) >= 11 is 1.27. The predicted molar refractivity (Wildman–Crippen MR) is 102 cm³/mol. The number of carbonyl (C=O) groups is 3. The molecule has 1 aromatic heterocycles. The number of nitrogens with two attached hydrogens (primary N) is 1. The Morgan fingerprint density at radius 1 is 1.11 bits per heavy atom. The predicted octanol–water partition coefficient (Wildman–Crippen LogP) is 2.32. The highest BCUT2D eigenvalue weighted by Crippen LogP contribution is 2.40. The highest BCUT2D eigenvalue weighted by molar-refractivity contribution is 7.17. The van der Waals surface area contributed by atoms with E-state index in [-0.39, 0.29) is 5.56 Å². The Bertz CT molecular complexity index is 876. The monoisotopic (exact) mass is 385 g/mol. The minimum absolute atomic E-state index is 0.262. The molecule has 0 bridgehead atoms. The zero-order chi connectivity index (χ0) is 19.6. The van der Waals surface area contributed by atoms with Gasteiger partial charge in [-0.25, -0.2) is 0 Å². The first kappa shape index (κ1) is 19.1. The number of carbonyl (C=O) groups excluding carboxylic acids is 3. The van der Waals surface area contributed by atoms with E-state index in [2.05, 4.69) is 5.32 Å². The van der Waals surface area contributed by atoms with Gasteiger partial charge in [0.1, 0.15) is 5.00 Å². The van der Waals surface area contributed by atoms with Gasteiger partial charge in [0.15, 0.2) is 0 Å². The summed E-state index contributed by atoms with van der Waals surface area (Å²) in [7, 11) is 0. The summed E-state index contributed by atoms with van der Waals surface area (Å²) in [5, 5.41) is 14.5. The van der Waals surface area contributed by atoms with Gasteiger partial charge in [0.25, 0.3) is 5.91 Å². The van der Waals surface area contributed by atoms with E-state index in [0.717, 1.165) is 23.3 Å². The molecule has 2 atom stereocenters. The van der Waals surface area contributed by atoms with Crippen molar-refractivity contribution in [2.75, 3.05) is 5.32 Å². The lowest BCUT2D eigenvalue weighted by atomic mass is 9.78. The Morgan fingerprint density at radius 2 is 1.74 bits per heavy atom. The second kappa shape index (κ2) is 7.92. The summed E-state index contributed by atoms with van der Waals surface area (Å²) in [6, 6.07) is 9.35. The van der Waals surface area contributed by atoms with Crippen LogP contribution >= 0.6 is 11.3 Å². The van der Waals surface area contributed by atoms with Gasteiger partial charge in [0.2, 0.25) is 5.91 Å². The Hall–Kier alpha value is -2.67. The van der Waals surface area contributed by atoms with Crippen LogP contribution in [0.2, 0.25) is 0 Å². The lowest BCUT2D eigenvalue weighted by Gasteiger charge is -2.31. The molecular formula is C20H21N2O4S-. The van der Waals surface area contributed by atoms with Crippen molar-refractivity contribution in [3.05, 3.63) is 40.8 Å². The second-order valence-corrected chi connectivity index (χ2v) is 8.00. The molecule has 2 unspecified atom stereocenters. The van der Waals surface area contributed by atoms with Gasteiger partial charge < -0.3 is 21.0 Å². The van der Waals surface area contributed by atoms with Crippen LogP contribution in [0.5, 0.6) is 0 Å². The maximum atomic E-state index is 12.8. The van der Waals surface area contributed by atoms with E-state index in [0.29, 0.717) is 23.4 Å². The maximum Gasteiger partial charge on any atom is 0.252 e. The van der Waals surface area contributed by atoms with Gasteiger partial charge in [0.05, 0.1) is 5.56 Å². The van der Waals surface area contributed by atoms with Gasteiger partial charge in [-0.1, -0.05) is 43.2 Å². The average molecular weight is 385 g/mol. The van der Waals surface area contributed by atoms with Gasteiger partial charge in [-0.05, 0) is 25.3 Å². The third kappa shape index (κ3) is 3.88. The average Bonchev–Trinajstić information content (AvgIpc) is 2.98. The first-order valence-corrected chi connectivity index (χ1v) is 9.72. The molecule has 1 aliphatic rings. The van der Waals surface area contributed by atoms with Crippen LogP contribution in [-0.2, 0) is 9.59 Å². The lowest BCUT2D eigenvalue weighted by Crippen LogP contribution is -2.42. The van der Waals surface area contributed by atoms with E-state index in [1.54, 1.807) is 0 Å². The van der Waals surface area contributed by atoms with Crippen molar-refractivity contribution in [2.24, 2.45) is 17.6 Å². The molecule has 0 aliphatic heterocycles. The Morgan fingerprint density at radius 3 is 2.33 bits per heavy atom. The first-order valence-electron chi connectivity index (χ1n) is 8.90. The minimum Gasteiger partial charge on any atom is -0.550 e. The number of benzene rings is 1. The molecule has 2 amide bonds. The van der Waals surface area contributed by atoms with E-state index >= 15 is 0 Å². The van der Waals surface area contributed by atoms with Crippen molar-refractivity contribution < 1.29 is 19.5 Å². The largest absolute Gasteiger partial charge is 0.550 e. The number of aliphatic carboxylic acids is 1. The van der Waals surface area contributed by atoms with Gasteiger partial charge >= 0.3 is 0 Å². The number of aryl methyl sites for hydroxylation is 1. The number of thiophene rings is 1. The van der Waals surface area contributed by atoms with Crippen LogP contribution in [0.3, 0.4) is 0 Å². The van der Waals surface area contributed by atoms with Crippen molar-refractivity contribution in [3.63, 3.8) is 0 Å². The highest BCUT2D eigenvalue weighted by Gasteiger charge is 2.33.